The van der Waals surface area contributed by atoms with Crippen LogP contribution in [0.3, 0.4) is 0 Å². The van der Waals surface area contributed by atoms with Gasteiger partial charge >= 0.3 is 0 Å². The number of carbonyl (C=O) groups excluding carboxylic acids is 2. The SMILES string of the molecule is O=C(NCCC(=O)N(Cc1cccs1)C1CCS(=O)(=O)C1)c1ccco1. The Morgan fingerprint density at radius 2 is 2.15 bits per heavy atom. The van der Waals surface area contributed by atoms with Crippen LogP contribution in [0.15, 0.2) is 40.3 Å². The van der Waals surface area contributed by atoms with Crippen molar-refractivity contribution in [1.82, 2.24) is 10.2 Å². The normalized spacial score (nSPS) is 18.5. The van der Waals surface area contributed by atoms with Crippen LogP contribution in [0.2, 0.25) is 0 Å². The van der Waals surface area contributed by atoms with Gasteiger partial charge in [0.1, 0.15) is 0 Å². The van der Waals surface area contributed by atoms with Gasteiger partial charge < -0.3 is 14.6 Å². The Labute approximate surface area is 155 Å². The molecule has 3 heterocycles. The number of hydrogen-bond donors (Lipinski definition) is 1. The van der Waals surface area contributed by atoms with Gasteiger partial charge in [-0.1, -0.05) is 6.07 Å². The van der Waals surface area contributed by atoms with Crippen LogP contribution in [-0.2, 0) is 21.2 Å². The van der Waals surface area contributed by atoms with E-state index in [1.165, 1.54) is 17.6 Å². The molecule has 0 bridgehead atoms. The Morgan fingerprint density at radius 3 is 2.77 bits per heavy atom. The van der Waals surface area contributed by atoms with E-state index in [4.69, 9.17) is 4.42 Å². The highest BCUT2D eigenvalue weighted by Gasteiger charge is 2.34. The summed E-state index contributed by atoms with van der Waals surface area (Å²) in [5.74, 6) is -0.240. The fraction of sp³-hybridized carbons (Fsp3) is 0.412. The number of thiophene rings is 1. The Bertz CT molecular complexity index is 844. The smallest absolute Gasteiger partial charge is 0.286 e. The van der Waals surface area contributed by atoms with Gasteiger partial charge in [-0.2, -0.15) is 0 Å². The zero-order valence-corrected chi connectivity index (χ0v) is 15.7. The van der Waals surface area contributed by atoms with Crippen molar-refractivity contribution >= 4 is 33.0 Å². The van der Waals surface area contributed by atoms with Crippen LogP contribution in [0.5, 0.6) is 0 Å². The summed E-state index contributed by atoms with van der Waals surface area (Å²) in [5.41, 5.74) is 0. The summed E-state index contributed by atoms with van der Waals surface area (Å²) < 4.78 is 28.6. The van der Waals surface area contributed by atoms with Gasteiger partial charge in [0.15, 0.2) is 15.6 Å². The Morgan fingerprint density at radius 1 is 1.31 bits per heavy atom. The maximum Gasteiger partial charge on any atom is 0.286 e. The van der Waals surface area contributed by atoms with Crippen molar-refractivity contribution in [2.75, 3.05) is 18.1 Å². The number of carbonyl (C=O) groups is 2. The second-order valence-corrected chi connectivity index (χ2v) is 9.40. The lowest BCUT2D eigenvalue weighted by Gasteiger charge is -2.28. The molecule has 0 spiro atoms. The minimum Gasteiger partial charge on any atom is -0.459 e. The Kier molecular flexibility index (Phi) is 5.77. The number of sulfone groups is 1. The largest absolute Gasteiger partial charge is 0.459 e. The van der Waals surface area contributed by atoms with Crippen molar-refractivity contribution in [3.63, 3.8) is 0 Å². The van der Waals surface area contributed by atoms with E-state index < -0.39 is 9.84 Å². The fourth-order valence-electron chi connectivity index (χ4n) is 2.93. The monoisotopic (exact) mass is 396 g/mol. The third kappa shape index (κ3) is 4.73. The molecule has 0 saturated carbocycles. The van der Waals surface area contributed by atoms with Crippen LogP contribution in [0, 0.1) is 0 Å². The predicted octanol–water partition coefficient (Wildman–Crippen LogP) is 1.68. The van der Waals surface area contributed by atoms with Gasteiger partial charge in [0, 0.05) is 23.9 Å². The van der Waals surface area contributed by atoms with E-state index >= 15 is 0 Å². The highest BCUT2D eigenvalue weighted by Crippen LogP contribution is 2.22. The maximum absolute atomic E-state index is 12.7. The van der Waals surface area contributed by atoms with Crippen molar-refractivity contribution in [3.05, 3.63) is 46.5 Å². The molecule has 1 atom stereocenters. The van der Waals surface area contributed by atoms with E-state index in [1.807, 2.05) is 17.5 Å². The van der Waals surface area contributed by atoms with E-state index in [0.29, 0.717) is 13.0 Å². The van der Waals surface area contributed by atoms with E-state index in [0.717, 1.165) is 4.88 Å². The van der Waals surface area contributed by atoms with E-state index in [1.54, 1.807) is 17.0 Å². The molecule has 1 fully saturated rings. The zero-order valence-electron chi connectivity index (χ0n) is 14.1. The van der Waals surface area contributed by atoms with Crippen molar-refractivity contribution < 1.29 is 22.4 Å². The topological polar surface area (TPSA) is 96.7 Å². The molecule has 3 rings (SSSR count). The maximum atomic E-state index is 12.7. The third-order valence-corrected chi connectivity index (χ3v) is 6.86. The lowest BCUT2D eigenvalue weighted by atomic mass is 10.2. The van der Waals surface area contributed by atoms with Crippen LogP contribution >= 0.6 is 11.3 Å². The summed E-state index contributed by atoms with van der Waals surface area (Å²) in [6.07, 6.45) is 1.97. The van der Waals surface area contributed by atoms with E-state index in [-0.39, 0.29) is 48.1 Å². The van der Waals surface area contributed by atoms with Crippen molar-refractivity contribution in [2.45, 2.75) is 25.4 Å². The van der Waals surface area contributed by atoms with Crippen LogP contribution in [0.25, 0.3) is 0 Å². The van der Waals surface area contributed by atoms with Crippen molar-refractivity contribution in [3.8, 4) is 0 Å². The van der Waals surface area contributed by atoms with Gasteiger partial charge in [-0.05, 0) is 30.0 Å². The molecule has 0 aromatic carbocycles. The third-order valence-electron chi connectivity index (χ3n) is 4.25. The average Bonchev–Trinajstić information content (AvgIpc) is 3.34. The molecular formula is C17H20N2O5S2. The molecule has 2 amide bonds. The average molecular weight is 396 g/mol. The summed E-state index contributed by atoms with van der Waals surface area (Å²) in [6, 6.07) is 6.67. The van der Waals surface area contributed by atoms with Gasteiger partial charge in [0.25, 0.3) is 5.91 Å². The molecule has 1 unspecified atom stereocenters. The molecule has 7 nitrogen and oxygen atoms in total. The first-order chi connectivity index (χ1) is 12.4. The van der Waals surface area contributed by atoms with Gasteiger partial charge in [0.05, 0.1) is 24.3 Å². The van der Waals surface area contributed by atoms with E-state index in [2.05, 4.69) is 5.32 Å². The molecule has 2 aromatic heterocycles. The predicted molar refractivity (Wildman–Crippen MR) is 97.6 cm³/mol. The standard InChI is InChI=1S/C17H20N2O5S2/c20-16(5-7-18-17(21)15-4-1-8-24-15)19(11-14-3-2-9-25-14)13-6-10-26(22,23)12-13/h1-4,8-9,13H,5-7,10-12H2,(H,18,21). The van der Waals surface area contributed by atoms with E-state index in [9.17, 15) is 18.0 Å². The lowest BCUT2D eigenvalue weighted by Crippen LogP contribution is -2.41. The lowest BCUT2D eigenvalue weighted by molar-refractivity contribution is -0.133. The number of hydrogen-bond acceptors (Lipinski definition) is 6. The van der Waals surface area contributed by atoms with Crippen LogP contribution in [0.4, 0.5) is 0 Å². The van der Waals surface area contributed by atoms with Crippen molar-refractivity contribution in [1.29, 1.82) is 0 Å². The van der Waals surface area contributed by atoms with Crippen LogP contribution in [-0.4, -0.2) is 49.2 Å². The minimum atomic E-state index is -3.09. The highest BCUT2D eigenvalue weighted by molar-refractivity contribution is 7.91. The first kappa shape index (κ1) is 18.7. The molecule has 140 valence electrons. The van der Waals surface area contributed by atoms with Crippen LogP contribution < -0.4 is 5.32 Å². The Balaban J connectivity index is 1.60. The fourth-order valence-corrected chi connectivity index (χ4v) is 5.37. The molecule has 0 aliphatic carbocycles. The molecule has 9 heteroatoms. The number of rotatable bonds is 7. The summed E-state index contributed by atoms with van der Waals surface area (Å²) in [5, 5.41) is 4.56. The minimum absolute atomic E-state index is 0.00285. The second kappa shape index (κ2) is 8.05. The first-order valence-electron chi connectivity index (χ1n) is 8.28. The molecule has 1 aliphatic heterocycles. The summed E-state index contributed by atoms with van der Waals surface area (Å²) in [6.45, 7) is 0.557. The molecular weight excluding hydrogens is 376 g/mol. The van der Waals surface area contributed by atoms with Gasteiger partial charge in [-0.3, -0.25) is 9.59 Å². The first-order valence-corrected chi connectivity index (χ1v) is 11.0. The number of nitrogens with zero attached hydrogens (tertiary/aromatic N) is 1. The van der Waals surface area contributed by atoms with Crippen LogP contribution in [0.1, 0.15) is 28.3 Å². The molecule has 1 aliphatic rings. The summed E-state index contributed by atoms with van der Waals surface area (Å²) >= 11 is 1.53. The van der Waals surface area contributed by atoms with Gasteiger partial charge in [-0.15, -0.1) is 11.3 Å². The zero-order chi connectivity index (χ0) is 18.6. The molecule has 26 heavy (non-hydrogen) atoms. The van der Waals surface area contributed by atoms with Gasteiger partial charge in [-0.25, -0.2) is 8.42 Å². The van der Waals surface area contributed by atoms with Gasteiger partial charge in [0.2, 0.25) is 5.91 Å². The number of nitrogens with one attached hydrogen (secondary N) is 1. The second-order valence-electron chi connectivity index (χ2n) is 6.14. The highest BCUT2D eigenvalue weighted by atomic mass is 32.2. The molecule has 2 aromatic rings. The van der Waals surface area contributed by atoms with Crippen molar-refractivity contribution in [2.24, 2.45) is 0 Å². The number of amides is 2. The molecule has 0 radical (unpaired) electrons. The quantitative estimate of drug-likeness (QED) is 0.768. The summed E-state index contributed by atoms with van der Waals surface area (Å²) in [4.78, 5) is 27.2. The Hall–Kier alpha value is -2.13. The molecule has 1 N–H and O–H groups in total. The number of furan rings is 1. The summed E-state index contributed by atoms with van der Waals surface area (Å²) in [7, 11) is -3.09. The molecule has 1 saturated heterocycles.